The molecule has 0 nitrogen and oxygen atoms in total. The van der Waals surface area contributed by atoms with Crippen LogP contribution in [0.25, 0.3) is 11.1 Å². The highest BCUT2D eigenvalue weighted by Gasteiger charge is 2.26. The van der Waals surface area contributed by atoms with E-state index in [0.29, 0.717) is 0 Å². The third kappa shape index (κ3) is 5.00. The van der Waals surface area contributed by atoms with E-state index in [1.165, 1.54) is 73.6 Å². The van der Waals surface area contributed by atoms with E-state index in [4.69, 9.17) is 0 Å². The zero-order chi connectivity index (χ0) is 18.4. The van der Waals surface area contributed by atoms with Crippen LogP contribution in [0.5, 0.6) is 0 Å². The lowest BCUT2D eigenvalue weighted by Gasteiger charge is -2.34. The zero-order valence-electron chi connectivity index (χ0n) is 17.0. The van der Waals surface area contributed by atoms with E-state index in [1.54, 1.807) is 0 Å². The first kappa shape index (κ1) is 19.2. The lowest BCUT2D eigenvalue weighted by Crippen LogP contribution is -2.23. The molecule has 0 heteroatoms. The van der Waals surface area contributed by atoms with E-state index in [2.05, 4.69) is 69.3 Å². The van der Waals surface area contributed by atoms with Gasteiger partial charge in [0, 0.05) is 0 Å². The molecule has 0 radical (unpaired) electrons. The van der Waals surface area contributed by atoms with Crippen LogP contribution in [0.3, 0.4) is 0 Å². The molecule has 26 heavy (non-hydrogen) atoms. The van der Waals surface area contributed by atoms with Crippen molar-refractivity contribution in [2.75, 3.05) is 0 Å². The molecular formula is C26H36. The van der Waals surface area contributed by atoms with Crippen molar-refractivity contribution in [3.63, 3.8) is 0 Å². The van der Waals surface area contributed by atoms with E-state index in [1.807, 2.05) is 0 Å². The maximum absolute atomic E-state index is 2.48. The van der Waals surface area contributed by atoms with Crippen molar-refractivity contribution in [2.24, 2.45) is 17.8 Å². The van der Waals surface area contributed by atoms with Crippen molar-refractivity contribution in [3.8, 4) is 11.1 Å². The predicted molar refractivity (Wildman–Crippen MR) is 114 cm³/mol. The summed E-state index contributed by atoms with van der Waals surface area (Å²) in [5.41, 5.74) is 5.62. The largest absolute Gasteiger partial charge is 0.0651 e. The third-order valence-corrected chi connectivity index (χ3v) is 6.62. The molecule has 2 aromatic carbocycles. The number of aryl methyl sites for hydroxylation is 2. The van der Waals surface area contributed by atoms with Crippen LogP contribution in [0.4, 0.5) is 0 Å². The fraction of sp³-hybridized carbons (Fsp3) is 0.538. The average molecular weight is 349 g/mol. The summed E-state index contributed by atoms with van der Waals surface area (Å²) in [6.07, 6.45) is 10.7. The van der Waals surface area contributed by atoms with E-state index in [0.717, 1.165) is 17.8 Å². The number of rotatable bonds is 7. The van der Waals surface area contributed by atoms with Gasteiger partial charge in [-0.05, 0) is 72.1 Å². The van der Waals surface area contributed by atoms with E-state index in [-0.39, 0.29) is 0 Å². The summed E-state index contributed by atoms with van der Waals surface area (Å²) < 4.78 is 0. The fourth-order valence-corrected chi connectivity index (χ4v) is 4.74. The second kappa shape index (κ2) is 9.40. The number of benzene rings is 2. The Hall–Kier alpha value is -1.56. The van der Waals surface area contributed by atoms with Crippen molar-refractivity contribution >= 4 is 0 Å². The van der Waals surface area contributed by atoms with E-state index in [9.17, 15) is 0 Å². The molecule has 0 heterocycles. The van der Waals surface area contributed by atoms with Gasteiger partial charge in [0.1, 0.15) is 0 Å². The maximum Gasteiger partial charge on any atom is -0.0184 e. The van der Waals surface area contributed by atoms with Gasteiger partial charge in [0.05, 0.1) is 0 Å². The minimum Gasteiger partial charge on any atom is -0.0651 e. The van der Waals surface area contributed by atoms with Gasteiger partial charge in [-0.2, -0.15) is 0 Å². The molecule has 140 valence electrons. The highest BCUT2D eigenvalue weighted by atomic mass is 14.3. The smallest absolute Gasteiger partial charge is 0.0184 e. The molecule has 3 unspecified atom stereocenters. The zero-order valence-corrected chi connectivity index (χ0v) is 17.0. The maximum atomic E-state index is 2.48. The summed E-state index contributed by atoms with van der Waals surface area (Å²) in [6, 6.07) is 18.4. The van der Waals surface area contributed by atoms with Crippen LogP contribution < -0.4 is 0 Å². The first-order valence-corrected chi connectivity index (χ1v) is 10.9. The normalized spacial score (nSPS) is 23.1. The van der Waals surface area contributed by atoms with Gasteiger partial charge in [0.15, 0.2) is 0 Å². The molecule has 0 saturated heterocycles. The molecule has 1 aliphatic rings. The van der Waals surface area contributed by atoms with Gasteiger partial charge in [0.25, 0.3) is 0 Å². The number of hydrogen-bond acceptors (Lipinski definition) is 0. The van der Waals surface area contributed by atoms with Crippen LogP contribution in [0.15, 0.2) is 48.5 Å². The van der Waals surface area contributed by atoms with E-state index >= 15 is 0 Å². The van der Waals surface area contributed by atoms with Crippen LogP contribution in [0, 0.1) is 17.8 Å². The highest BCUT2D eigenvalue weighted by Crippen LogP contribution is 2.37. The molecule has 3 atom stereocenters. The van der Waals surface area contributed by atoms with Gasteiger partial charge < -0.3 is 0 Å². The summed E-state index contributed by atoms with van der Waals surface area (Å²) in [6.45, 7) is 7.08. The van der Waals surface area contributed by atoms with Crippen molar-refractivity contribution in [1.29, 1.82) is 0 Å². The Labute approximate surface area is 161 Å². The molecule has 0 N–H and O–H groups in total. The van der Waals surface area contributed by atoms with Gasteiger partial charge in [0.2, 0.25) is 0 Å². The van der Waals surface area contributed by atoms with Crippen molar-refractivity contribution in [2.45, 2.75) is 72.1 Å². The van der Waals surface area contributed by atoms with Crippen molar-refractivity contribution < 1.29 is 0 Å². The van der Waals surface area contributed by atoms with Gasteiger partial charge in [-0.15, -0.1) is 0 Å². The van der Waals surface area contributed by atoms with Crippen LogP contribution in [0.2, 0.25) is 0 Å². The highest BCUT2D eigenvalue weighted by molar-refractivity contribution is 5.63. The summed E-state index contributed by atoms with van der Waals surface area (Å²) in [5.74, 6) is 2.84. The van der Waals surface area contributed by atoms with Gasteiger partial charge in [-0.25, -0.2) is 0 Å². The van der Waals surface area contributed by atoms with Crippen molar-refractivity contribution in [1.82, 2.24) is 0 Å². The molecule has 3 rings (SSSR count). The Morgan fingerprint density at radius 3 is 1.85 bits per heavy atom. The fourth-order valence-electron chi connectivity index (χ4n) is 4.74. The van der Waals surface area contributed by atoms with Crippen LogP contribution >= 0.6 is 0 Å². The third-order valence-electron chi connectivity index (χ3n) is 6.62. The monoisotopic (exact) mass is 348 g/mol. The van der Waals surface area contributed by atoms with Crippen LogP contribution in [-0.4, -0.2) is 0 Å². The first-order chi connectivity index (χ1) is 12.7. The Balaban J connectivity index is 1.54. The van der Waals surface area contributed by atoms with Crippen LogP contribution in [-0.2, 0) is 12.8 Å². The molecule has 1 saturated carbocycles. The lowest BCUT2D eigenvalue weighted by atomic mass is 9.72. The van der Waals surface area contributed by atoms with Crippen LogP contribution in [0.1, 0.15) is 70.4 Å². The molecule has 0 amide bonds. The Morgan fingerprint density at radius 2 is 1.35 bits per heavy atom. The van der Waals surface area contributed by atoms with Gasteiger partial charge in [-0.1, -0.05) is 88.6 Å². The van der Waals surface area contributed by atoms with Gasteiger partial charge in [-0.3, -0.25) is 0 Å². The Morgan fingerprint density at radius 1 is 0.769 bits per heavy atom. The van der Waals surface area contributed by atoms with Gasteiger partial charge >= 0.3 is 0 Å². The van der Waals surface area contributed by atoms with E-state index < -0.39 is 0 Å². The quantitative estimate of drug-likeness (QED) is 0.481. The average Bonchev–Trinajstić information content (AvgIpc) is 2.68. The summed E-state index contributed by atoms with van der Waals surface area (Å²) in [4.78, 5) is 0. The molecule has 0 bridgehead atoms. The molecular weight excluding hydrogens is 312 g/mol. The molecule has 1 aliphatic carbocycles. The predicted octanol–water partition coefficient (Wildman–Crippen LogP) is 7.70. The summed E-state index contributed by atoms with van der Waals surface area (Å²) in [7, 11) is 0. The minimum absolute atomic E-state index is 0.912. The second-order valence-electron chi connectivity index (χ2n) is 8.51. The molecule has 0 aliphatic heterocycles. The summed E-state index contributed by atoms with van der Waals surface area (Å²) in [5, 5.41) is 0. The van der Waals surface area contributed by atoms with Crippen molar-refractivity contribution in [3.05, 3.63) is 59.7 Å². The first-order valence-electron chi connectivity index (χ1n) is 10.9. The topological polar surface area (TPSA) is 0 Å². The SMILES string of the molecule is CCCc1ccc(-c2ccc(CCC3CCC(CC)CC3C)cc2)cc1. The molecule has 2 aromatic rings. The molecule has 0 aromatic heterocycles. The standard InChI is InChI=1S/C26H36/c1-4-6-22-9-15-25(16-10-22)26-17-11-23(12-18-26)8-14-24-13-7-21(5-2)19-20(24)3/h9-12,15-18,20-21,24H,4-8,13-14,19H2,1-3H3. The number of hydrogen-bond donors (Lipinski definition) is 0. The Bertz CT molecular complexity index is 649. The Kier molecular flexibility index (Phi) is 6.94. The molecule has 0 spiro atoms. The minimum atomic E-state index is 0.912. The lowest BCUT2D eigenvalue weighted by molar-refractivity contribution is 0.181. The second-order valence-corrected chi connectivity index (χ2v) is 8.51. The summed E-state index contributed by atoms with van der Waals surface area (Å²) >= 11 is 0. The molecule has 1 fully saturated rings.